The first-order valence-electron chi connectivity index (χ1n) is 3.57. The van der Waals surface area contributed by atoms with Gasteiger partial charge in [-0.25, -0.2) is 8.78 Å². The first-order valence-corrected chi connectivity index (χ1v) is 3.97. The minimum atomic E-state index is -0.873. The molecule has 0 radical (unpaired) electrons. The van der Waals surface area contributed by atoms with Gasteiger partial charge in [-0.15, -0.1) is 0 Å². The Hall–Kier alpha value is -1.23. The summed E-state index contributed by atoms with van der Waals surface area (Å²) in [5.74, 6) is -1.73. The van der Waals surface area contributed by atoms with Crippen molar-refractivity contribution in [3.63, 3.8) is 0 Å². The lowest BCUT2D eigenvalue weighted by Gasteiger charge is -2.03. The summed E-state index contributed by atoms with van der Waals surface area (Å²) in [5.41, 5.74) is 5.75. The van der Waals surface area contributed by atoms with Gasteiger partial charge >= 0.3 is 0 Å². The maximum absolute atomic E-state index is 12.6. The molecule has 5 heteroatoms. The molecule has 70 valence electrons. The highest BCUT2D eigenvalue weighted by Gasteiger charge is 2.01. The number of hydrogen-bond donors (Lipinski definition) is 2. The number of rotatable bonds is 2. The second-order valence-corrected chi connectivity index (χ2v) is 2.91. The fourth-order valence-electron chi connectivity index (χ4n) is 0.839. The number of hydrogen-bond acceptors (Lipinski definition) is 1. The summed E-state index contributed by atoms with van der Waals surface area (Å²) in [5, 5.41) is 2.76. The second kappa shape index (κ2) is 4.13. The quantitative estimate of drug-likeness (QED) is 0.710. The normalized spacial score (nSPS) is 9.69. The summed E-state index contributed by atoms with van der Waals surface area (Å²) in [4.78, 5) is 0. The Balaban J connectivity index is 2.68. The van der Waals surface area contributed by atoms with E-state index in [9.17, 15) is 8.78 Å². The lowest BCUT2D eigenvalue weighted by atomic mass is 10.2. The highest BCUT2D eigenvalue weighted by Crippen LogP contribution is 2.07. The summed E-state index contributed by atoms with van der Waals surface area (Å²) in [7, 11) is 0. The molecule has 0 spiro atoms. The molecule has 0 aromatic heterocycles. The number of nitrogens with two attached hydrogens (primary N) is 1. The standard InChI is InChI=1S/C8H8F2N2S/c9-6-2-1-5(3-7(6)10)4-12-8(11)13/h1-3H,4H2,(H3,11,12,13). The van der Waals surface area contributed by atoms with Crippen LogP contribution < -0.4 is 11.1 Å². The Morgan fingerprint density at radius 2 is 2.08 bits per heavy atom. The molecule has 1 rings (SSSR count). The van der Waals surface area contributed by atoms with Crippen molar-refractivity contribution >= 4 is 17.3 Å². The van der Waals surface area contributed by atoms with Crippen molar-refractivity contribution in [1.82, 2.24) is 5.32 Å². The zero-order chi connectivity index (χ0) is 9.84. The van der Waals surface area contributed by atoms with Crippen molar-refractivity contribution in [1.29, 1.82) is 0 Å². The van der Waals surface area contributed by atoms with Crippen molar-refractivity contribution < 1.29 is 8.78 Å². The van der Waals surface area contributed by atoms with Gasteiger partial charge in [0.25, 0.3) is 0 Å². The summed E-state index contributed by atoms with van der Waals surface area (Å²) in [6.07, 6.45) is 0. The minimum absolute atomic E-state index is 0.129. The third-order valence-electron chi connectivity index (χ3n) is 1.45. The fourth-order valence-corrected chi connectivity index (χ4v) is 0.911. The lowest BCUT2D eigenvalue weighted by Crippen LogP contribution is -2.28. The molecule has 1 aromatic carbocycles. The summed E-state index contributed by atoms with van der Waals surface area (Å²) >= 11 is 4.55. The minimum Gasteiger partial charge on any atom is -0.376 e. The van der Waals surface area contributed by atoms with Gasteiger partial charge in [-0.3, -0.25) is 0 Å². The van der Waals surface area contributed by atoms with Gasteiger partial charge in [0.05, 0.1) is 0 Å². The van der Waals surface area contributed by atoms with Crippen molar-refractivity contribution in [2.75, 3.05) is 0 Å². The Labute approximate surface area is 79.7 Å². The topological polar surface area (TPSA) is 38.0 Å². The van der Waals surface area contributed by atoms with Gasteiger partial charge in [0.15, 0.2) is 16.7 Å². The van der Waals surface area contributed by atoms with Crippen LogP contribution in [0.3, 0.4) is 0 Å². The highest BCUT2D eigenvalue weighted by atomic mass is 32.1. The van der Waals surface area contributed by atoms with E-state index in [0.29, 0.717) is 12.1 Å². The molecule has 0 bridgehead atoms. The third-order valence-corrected chi connectivity index (χ3v) is 1.60. The number of benzene rings is 1. The number of thiocarbonyl (C=S) groups is 1. The number of halogens is 2. The largest absolute Gasteiger partial charge is 0.376 e. The maximum Gasteiger partial charge on any atom is 0.163 e. The molecule has 0 saturated carbocycles. The molecule has 0 aliphatic carbocycles. The van der Waals surface area contributed by atoms with Crippen LogP contribution in [0.15, 0.2) is 18.2 Å². The van der Waals surface area contributed by atoms with Gasteiger partial charge < -0.3 is 11.1 Å². The summed E-state index contributed by atoms with van der Waals surface area (Å²) in [6, 6.07) is 3.62. The predicted molar refractivity (Wildman–Crippen MR) is 50.0 cm³/mol. The molecule has 0 aliphatic rings. The van der Waals surface area contributed by atoms with Crippen LogP contribution in [0.1, 0.15) is 5.56 Å². The monoisotopic (exact) mass is 202 g/mol. The Bertz CT molecular complexity index is 328. The molecule has 2 nitrogen and oxygen atoms in total. The van der Waals surface area contributed by atoms with Crippen LogP contribution in [0.4, 0.5) is 8.78 Å². The lowest BCUT2D eigenvalue weighted by molar-refractivity contribution is 0.507. The van der Waals surface area contributed by atoms with Crippen LogP contribution in [-0.4, -0.2) is 5.11 Å². The molecular formula is C8H8F2N2S. The average Bonchev–Trinajstić information content (AvgIpc) is 2.07. The molecule has 0 amide bonds. The van der Waals surface area contributed by atoms with Crippen LogP contribution in [0.25, 0.3) is 0 Å². The Kier molecular flexibility index (Phi) is 3.13. The van der Waals surface area contributed by atoms with E-state index in [4.69, 9.17) is 5.73 Å². The molecule has 0 aliphatic heterocycles. The molecule has 0 fully saturated rings. The van der Waals surface area contributed by atoms with E-state index in [1.165, 1.54) is 6.07 Å². The predicted octanol–water partition coefficient (Wildman–Crippen LogP) is 1.30. The molecule has 1 aromatic rings. The van der Waals surface area contributed by atoms with Crippen LogP contribution in [-0.2, 0) is 6.54 Å². The van der Waals surface area contributed by atoms with Gasteiger partial charge in [-0.1, -0.05) is 6.07 Å². The summed E-state index contributed by atoms with van der Waals surface area (Å²) < 4.78 is 25.1. The van der Waals surface area contributed by atoms with Crippen molar-refractivity contribution in [3.05, 3.63) is 35.4 Å². The van der Waals surface area contributed by atoms with E-state index < -0.39 is 11.6 Å². The van der Waals surface area contributed by atoms with Gasteiger partial charge in [-0.05, 0) is 29.9 Å². The van der Waals surface area contributed by atoms with E-state index in [1.54, 1.807) is 0 Å². The van der Waals surface area contributed by atoms with Crippen LogP contribution in [0, 0.1) is 11.6 Å². The molecule has 0 saturated heterocycles. The molecular weight excluding hydrogens is 194 g/mol. The van der Waals surface area contributed by atoms with E-state index >= 15 is 0 Å². The van der Waals surface area contributed by atoms with Gasteiger partial charge in [0.2, 0.25) is 0 Å². The Morgan fingerprint density at radius 1 is 1.38 bits per heavy atom. The molecule has 0 unspecified atom stereocenters. The third kappa shape index (κ3) is 2.95. The van der Waals surface area contributed by atoms with E-state index in [0.717, 1.165) is 12.1 Å². The molecule has 3 N–H and O–H groups in total. The van der Waals surface area contributed by atoms with Crippen molar-refractivity contribution in [2.24, 2.45) is 5.73 Å². The zero-order valence-corrected chi connectivity index (χ0v) is 7.50. The highest BCUT2D eigenvalue weighted by molar-refractivity contribution is 7.80. The first-order chi connectivity index (χ1) is 6.09. The molecule has 0 atom stereocenters. The van der Waals surface area contributed by atoms with Crippen LogP contribution in [0.2, 0.25) is 0 Å². The number of nitrogens with one attached hydrogen (secondary N) is 1. The summed E-state index contributed by atoms with van der Waals surface area (Å²) in [6.45, 7) is 0.298. The van der Waals surface area contributed by atoms with E-state index in [2.05, 4.69) is 17.5 Å². The molecule has 0 heterocycles. The van der Waals surface area contributed by atoms with Gasteiger partial charge in [0, 0.05) is 6.54 Å². The van der Waals surface area contributed by atoms with Crippen molar-refractivity contribution in [2.45, 2.75) is 6.54 Å². The average molecular weight is 202 g/mol. The van der Waals surface area contributed by atoms with Crippen LogP contribution >= 0.6 is 12.2 Å². The second-order valence-electron chi connectivity index (χ2n) is 2.47. The van der Waals surface area contributed by atoms with E-state index in [1.807, 2.05) is 0 Å². The zero-order valence-electron chi connectivity index (χ0n) is 6.68. The smallest absolute Gasteiger partial charge is 0.163 e. The van der Waals surface area contributed by atoms with Crippen LogP contribution in [0.5, 0.6) is 0 Å². The van der Waals surface area contributed by atoms with Gasteiger partial charge in [-0.2, -0.15) is 0 Å². The molecule has 13 heavy (non-hydrogen) atoms. The fraction of sp³-hybridized carbons (Fsp3) is 0.125. The van der Waals surface area contributed by atoms with E-state index in [-0.39, 0.29) is 5.11 Å². The van der Waals surface area contributed by atoms with Gasteiger partial charge in [0.1, 0.15) is 0 Å². The SMILES string of the molecule is NC(=S)NCc1ccc(F)c(F)c1. The van der Waals surface area contributed by atoms with Crippen molar-refractivity contribution in [3.8, 4) is 0 Å². The maximum atomic E-state index is 12.6. The first kappa shape index (κ1) is 9.85. The Morgan fingerprint density at radius 3 is 2.62 bits per heavy atom.